The van der Waals surface area contributed by atoms with E-state index < -0.39 is 0 Å². The van der Waals surface area contributed by atoms with Gasteiger partial charge in [-0.2, -0.15) is 0 Å². The summed E-state index contributed by atoms with van der Waals surface area (Å²) in [5.41, 5.74) is 3.11. The third kappa shape index (κ3) is 13.1. The lowest BCUT2D eigenvalue weighted by atomic mass is 9.70. The first-order chi connectivity index (χ1) is 17.2. The van der Waals surface area contributed by atoms with Gasteiger partial charge in [0, 0.05) is 12.2 Å². The van der Waals surface area contributed by atoms with Crippen molar-refractivity contribution in [1.82, 2.24) is 0 Å². The van der Waals surface area contributed by atoms with Gasteiger partial charge in [-0.3, -0.25) is 0 Å². The van der Waals surface area contributed by atoms with E-state index in [-0.39, 0.29) is 5.41 Å². The van der Waals surface area contributed by atoms with E-state index in [0.29, 0.717) is 0 Å². The molecule has 0 saturated carbocycles. The molecule has 0 heterocycles. The third-order valence-electron chi connectivity index (χ3n) is 8.06. The fraction of sp³-hybridized carbons (Fsp3) is 0.818. The van der Waals surface area contributed by atoms with Crippen molar-refractivity contribution in [3.05, 3.63) is 23.8 Å². The van der Waals surface area contributed by atoms with Crippen LogP contribution in [0, 0.1) is 0 Å². The van der Waals surface area contributed by atoms with Gasteiger partial charge < -0.3 is 10.1 Å². The molecule has 0 saturated heterocycles. The minimum absolute atomic E-state index is 0.259. The normalized spacial score (nSPS) is 11.7. The Morgan fingerprint density at radius 2 is 1.11 bits per heavy atom. The standard InChI is InChI=1S/C33H61NO/c1-6-10-12-14-16-18-20-22-26-33(9-4,27-23-21-19-17-15-13-11-7-2)31-29-30(35-5)24-25-32(31)34-28-8-3/h24-25,29,34H,6-23,26-28H2,1-5H3. The Morgan fingerprint density at radius 3 is 1.54 bits per heavy atom. The van der Waals surface area contributed by atoms with Gasteiger partial charge >= 0.3 is 0 Å². The van der Waals surface area contributed by atoms with Gasteiger partial charge in [0.15, 0.2) is 0 Å². The predicted molar refractivity (Wildman–Crippen MR) is 158 cm³/mol. The number of benzene rings is 1. The fourth-order valence-corrected chi connectivity index (χ4v) is 5.64. The number of nitrogens with one attached hydrogen (secondary N) is 1. The topological polar surface area (TPSA) is 21.3 Å². The molecule has 0 spiro atoms. The molecule has 35 heavy (non-hydrogen) atoms. The van der Waals surface area contributed by atoms with Crippen LogP contribution in [0.3, 0.4) is 0 Å². The zero-order chi connectivity index (χ0) is 25.6. The quantitative estimate of drug-likeness (QED) is 0.146. The molecule has 0 aliphatic carbocycles. The molecule has 0 bridgehead atoms. The predicted octanol–water partition coefficient (Wildman–Crippen LogP) is 11.2. The van der Waals surface area contributed by atoms with Crippen LogP contribution in [0.15, 0.2) is 18.2 Å². The summed E-state index contributed by atoms with van der Waals surface area (Å²) in [7, 11) is 1.81. The van der Waals surface area contributed by atoms with Crippen LogP contribution in [0.4, 0.5) is 5.69 Å². The summed E-state index contributed by atoms with van der Waals surface area (Å²) in [5.74, 6) is 1.01. The Kier molecular flexibility index (Phi) is 19.1. The maximum Gasteiger partial charge on any atom is 0.119 e. The highest BCUT2D eigenvalue weighted by atomic mass is 16.5. The van der Waals surface area contributed by atoms with E-state index in [2.05, 4.69) is 51.2 Å². The molecule has 1 rings (SSSR count). The molecule has 0 unspecified atom stereocenters. The van der Waals surface area contributed by atoms with E-state index in [9.17, 15) is 0 Å². The van der Waals surface area contributed by atoms with Crippen molar-refractivity contribution >= 4 is 5.69 Å². The Balaban J connectivity index is 2.85. The minimum Gasteiger partial charge on any atom is -0.497 e. The van der Waals surface area contributed by atoms with E-state index in [0.717, 1.165) is 18.7 Å². The average Bonchev–Trinajstić information content (AvgIpc) is 2.89. The molecular weight excluding hydrogens is 426 g/mol. The molecule has 0 fully saturated rings. The summed E-state index contributed by atoms with van der Waals surface area (Å²) in [5, 5.41) is 3.76. The molecular formula is C33H61NO. The van der Waals surface area contributed by atoms with Gasteiger partial charge in [0.1, 0.15) is 5.75 Å². The van der Waals surface area contributed by atoms with Crippen molar-refractivity contribution in [3.63, 3.8) is 0 Å². The summed E-state index contributed by atoms with van der Waals surface area (Å²) in [4.78, 5) is 0. The first-order valence-electron chi connectivity index (χ1n) is 15.6. The molecule has 204 valence electrons. The highest BCUT2D eigenvalue weighted by molar-refractivity contribution is 5.57. The zero-order valence-electron chi connectivity index (χ0n) is 24.5. The maximum absolute atomic E-state index is 5.71. The molecule has 0 amide bonds. The van der Waals surface area contributed by atoms with Gasteiger partial charge in [-0.1, -0.05) is 130 Å². The van der Waals surface area contributed by atoms with Gasteiger partial charge in [-0.15, -0.1) is 0 Å². The third-order valence-corrected chi connectivity index (χ3v) is 8.06. The van der Waals surface area contributed by atoms with Crippen LogP contribution in [0.1, 0.15) is 162 Å². The van der Waals surface area contributed by atoms with Gasteiger partial charge in [-0.25, -0.2) is 0 Å². The first kappa shape index (κ1) is 31.8. The number of rotatable bonds is 24. The molecule has 2 nitrogen and oxygen atoms in total. The second-order valence-electron chi connectivity index (χ2n) is 10.9. The maximum atomic E-state index is 5.71. The van der Waals surface area contributed by atoms with Crippen molar-refractivity contribution in [1.29, 1.82) is 0 Å². The minimum atomic E-state index is 0.259. The molecule has 1 aromatic rings. The van der Waals surface area contributed by atoms with Crippen LogP contribution < -0.4 is 10.1 Å². The fourth-order valence-electron chi connectivity index (χ4n) is 5.64. The number of methoxy groups -OCH3 is 1. The van der Waals surface area contributed by atoms with E-state index >= 15 is 0 Å². The van der Waals surface area contributed by atoms with Crippen LogP contribution in [-0.2, 0) is 5.41 Å². The van der Waals surface area contributed by atoms with E-state index in [1.807, 2.05) is 7.11 Å². The Bertz CT molecular complexity index is 591. The lowest BCUT2D eigenvalue weighted by Crippen LogP contribution is -2.27. The number of hydrogen-bond acceptors (Lipinski definition) is 2. The van der Waals surface area contributed by atoms with Crippen molar-refractivity contribution in [3.8, 4) is 5.75 Å². The molecule has 1 aromatic carbocycles. The van der Waals surface area contributed by atoms with Crippen LogP contribution in [0.2, 0.25) is 0 Å². The first-order valence-corrected chi connectivity index (χ1v) is 15.6. The molecule has 0 atom stereocenters. The number of unbranched alkanes of at least 4 members (excludes halogenated alkanes) is 14. The van der Waals surface area contributed by atoms with Crippen LogP contribution in [0.25, 0.3) is 0 Å². The summed E-state index contributed by atoms with van der Waals surface area (Å²) < 4.78 is 5.71. The van der Waals surface area contributed by atoms with E-state index in [4.69, 9.17) is 4.74 Å². The summed E-state index contributed by atoms with van der Waals surface area (Å²) in [6.07, 6.45) is 27.3. The SMILES string of the molecule is CCCCCCCCCCC(CC)(CCCCCCCCCC)c1cc(OC)ccc1NCCC. The van der Waals surface area contributed by atoms with Gasteiger partial charge in [0.05, 0.1) is 7.11 Å². The van der Waals surface area contributed by atoms with Crippen LogP contribution in [0.5, 0.6) is 5.75 Å². The molecule has 0 radical (unpaired) electrons. The molecule has 1 N–H and O–H groups in total. The second kappa shape index (κ2) is 21.0. The zero-order valence-corrected chi connectivity index (χ0v) is 24.5. The lowest BCUT2D eigenvalue weighted by molar-refractivity contribution is 0.320. The van der Waals surface area contributed by atoms with E-state index in [1.54, 1.807) is 0 Å². The van der Waals surface area contributed by atoms with Crippen LogP contribution in [-0.4, -0.2) is 13.7 Å². The Morgan fingerprint density at radius 1 is 0.629 bits per heavy atom. The largest absolute Gasteiger partial charge is 0.497 e. The van der Waals surface area contributed by atoms with Crippen molar-refractivity contribution in [2.45, 2.75) is 162 Å². The lowest BCUT2D eigenvalue weighted by Gasteiger charge is -2.36. The molecule has 0 aliphatic rings. The average molecular weight is 488 g/mol. The number of hydrogen-bond donors (Lipinski definition) is 1. The number of anilines is 1. The van der Waals surface area contributed by atoms with Crippen molar-refractivity contribution in [2.75, 3.05) is 19.0 Å². The van der Waals surface area contributed by atoms with Gasteiger partial charge in [0.25, 0.3) is 0 Å². The van der Waals surface area contributed by atoms with Crippen LogP contribution >= 0.6 is 0 Å². The molecule has 2 heteroatoms. The smallest absolute Gasteiger partial charge is 0.119 e. The van der Waals surface area contributed by atoms with Gasteiger partial charge in [-0.05, 0) is 54.9 Å². The molecule has 0 aromatic heterocycles. The highest BCUT2D eigenvalue weighted by Crippen LogP contribution is 2.44. The summed E-state index contributed by atoms with van der Waals surface area (Å²) in [6, 6.07) is 6.77. The summed E-state index contributed by atoms with van der Waals surface area (Å²) >= 11 is 0. The number of ether oxygens (including phenoxy) is 1. The second-order valence-corrected chi connectivity index (χ2v) is 10.9. The van der Waals surface area contributed by atoms with Gasteiger partial charge in [0.2, 0.25) is 0 Å². The molecule has 0 aliphatic heterocycles. The Hall–Kier alpha value is -1.18. The van der Waals surface area contributed by atoms with Crippen molar-refractivity contribution < 1.29 is 4.74 Å². The highest BCUT2D eigenvalue weighted by Gasteiger charge is 2.32. The summed E-state index contributed by atoms with van der Waals surface area (Å²) in [6.45, 7) is 10.3. The van der Waals surface area contributed by atoms with Crippen molar-refractivity contribution in [2.24, 2.45) is 0 Å². The Labute approximate surface area is 220 Å². The van der Waals surface area contributed by atoms with E-state index in [1.165, 1.54) is 133 Å². The monoisotopic (exact) mass is 487 g/mol.